The zero-order valence-corrected chi connectivity index (χ0v) is 18.5. The quantitative estimate of drug-likeness (QED) is 0.544. The van der Waals surface area contributed by atoms with Crippen LogP contribution in [0.2, 0.25) is 0 Å². The fourth-order valence-electron chi connectivity index (χ4n) is 4.19. The molecule has 2 atom stereocenters. The predicted octanol–water partition coefficient (Wildman–Crippen LogP) is 3.74. The third kappa shape index (κ3) is 5.96. The molecule has 0 radical (unpaired) electrons. The summed E-state index contributed by atoms with van der Waals surface area (Å²) in [6.45, 7) is 2.97. The summed E-state index contributed by atoms with van der Waals surface area (Å²) in [5.74, 6) is 0.956. The Kier molecular flexibility index (Phi) is 7.54. The number of carbonyl (C=O) groups is 1. The van der Waals surface area contributed by atoms with E-state index in [9.17, 15) is 4.79 Å². The smallest absolute Gasteiger partial charge is 0.237 e. The minimum Gasteiger partial charge on any atom is -0.489 e. The van der Waals surface area contributed by atoms with E-state index in [-0.39, 0.29) is 18.0 Å². The number of carbonyl (C=O) groups excluding carboxylic acids is 1. The fraction of sp³-hybridized carbons (Fsp3) is 0.296. The van der Waals surface area contributed by atoms with Crippen molar-refractivity contribution in [1.82, 2.24) is 15.5 Å². The van der Waals surface area contributed by atoms with Crippen molar-refractivity contribution in [3.05, 3.63) is 102 Å². The Bertz CT molecular complexity index is 977. The van der Waals surface area contributed by atoms with Gasteiger partial charge in [-0.25, -0.2) is 0 Å². The lowest BCUT2D eigenvalue weighted by Gasteiger charge is -2.22. The van der Waals surface area contributed by atoms with E-state index >= 15 is 0 Å². The Morgan fingerprint density at radius 3 is 2.22 bits per heavy atom. The summed E-state index contributed by atoms with van der Waals surface area (Å²) in [5, 5.41) is 6.46. The summed E-state index contributed by atoms with van der Waals surface area (Å²) in [4.78, 5) is 14.7. The number of likely N-dealkylation sites (tertiary alicyclic amines) is 1. The van der Waals surface area contributed by atoms with Crippen molar-refractivity contribution in [3.63, 3.8) is 0 Å². The van der Waals surface area contributed by atoms with E-state index in [1.807, 2.05) is 48.5 Å². The number of hydrogen-bond donors (Lipinski definition) is 2. The molecule has 5 heteroatoms. The van der Waals surface area contributed by atoms with Crippen molar-refractivity contribution < 1.29 is 9.53 Å². The highest BCUT2D eigenvalue weighted by Crippen LogP contribution is 2.22. The number of hydrogen-bond acceptors (Lipinski definition) is 4. The van der Waals surface area contributed by atoms with Crippen molar-refractivity contribution in [3.8, 4) is 5.75 Å². The molecule has 5 nitrogen and oxygen atoms in total. The molecule has 0 bridgehead atoms. The monoisotopic (exact) mass is 429 g/mol. The van der Waals surface area contributed by atoms with Crippen LogP contribution < -0.4 is 15.4 Å². The maximum atomic E-state index is 12.4. The first kappa shape index (κ1) is 22.1. The molecule has 3 aromatic rings. The maximum absolute atomic E-state index is 12.4. The summed E-state index contributed by atoms with van der Waals surface area (Å²) >= 11 is 0. The van der Waals surface area contributed by atoms with Gasteiger partial charge in [-0.15, -0.1) is 0 Å². The number of likely N-dealkylation sites (N-methyl/N-ethyl adjacent to an activating group) is 1. The van der Waals surface area contributed by atoms with Gasteiger partial charge in [0.25, 0.3) is 0 Å². The van der Waals surface area contributed by atoms with Gasteiger partial charge in [0, 0.05) is 32.7 Å². The SMILES string of the molecule is CNC(=O)[C@@H]1C[C@@H](NCc2ccc(OCc3ccccc3)cc2)CN1Cc1ccccc1. The van der Waals surface area contributed by atoms with Gasteiger partial charge in [0.2, 0.25) is 5.91 Å². The zero-order chi connectivity index (χ0) is 22.2. The Morgan fingerprint density at radius 1 is 0.906 bits per heavy atom. The van der Waals surface area contributed by atoms with Gasteiger partial charge in [-0.2, -0.15) is 0 Å². The van der Waals surface area contributed by atoms with Gasteiger partial charge in [-0.1, -0.05) is 72.8 Å². The van der Waals surface area contributed by atoms with Gasteiger partial charge >= 0.3 is 0 Å². The van der Waals surface area contributed by atoms with Crippen LogP contribution in [0.4, 0.5) is 0 Å². The third-order valence-corrected chi connectivity index (χ3v) is 5.95. The molecule has 0 unspecified atom stereocenters. The standard InChI is InChI=1S/C27H31N3O2/c1-28-27(31)26-16-24(19-30(26)18-22-8-4-2-5-9-22)29-17-21-12-14-25(15-13-21)32-20-23-10-6-3-7-11-23/h2-15,24,26,29H,16-20H2,1H3,(H,28,31)/t24-,26+/m1/s1. The molecular formula is C27H31N3O2. The molecule has 3 aromatic carbocycles. The molecule has 32 heavy (non-hydrogen) atoms. The van der Waals surface area contributed by atoms with Gasteiger partial charge in [0.05, 0.1) is 6.04 Å². The van der Waals surface area contributed by atoms with Crippen LogP contribution in [0.3, 0.4) is 0 Å². The number of nitrogens with one attached hydrogen (secondary N) is 2. The zero-order valence-electron chi connectivity index (χ0n) is 18.5. The second kappa shape index (κ2) is 10.9. The molecule has 4 rings (SSSR count). The van der Waals surface area contributed by atoms with E-state index in [1.165, 1.54) is 11.1 Å². The normalized spacial score (nSPS) is 18.4. The molecule has 2 N–H and O–H groups in total. The van der Waals surface area contributed by atoms with Gasteiger partial charge in [0.15, 0.2) is 0 Å². The van der Waals surface area contributed by atoms with Crippen molar-refractivity contribution in [2.24, 2.45) is 0 Å². The minimum absolute atomic E-state index is 0.0881. The maximum Gasteiger partial charge on any atom is 0.237 e. The number of nitrogens with zero attached hydrogens (tertiary/aromatic N) is 1. The highest BCUT2D eigenvalue weighted by atomic mass is 16.5. The van der Waals surface area contributed by atoms with Crippen LogP contribution in [0.25, 0.3) is 0 Å². The van der Waals surface area contributed by atoms with E-state index in [1.54, 1.807) is 7.05 Å². The van der Waals surface area contributed by atoms with E-state index in [0.29, 0.717) is 6.61 Å². The van der Waals surface area contributed by atoms with E-state index < -0.39 is 0 Å². The molecule has 1 aliphatic heterocycles. The summed E-state index contributed by atoms with van der Waals surface area (Å²) in [7, 11) is 1.71. The fourth-order valence-corrected chi connectivity index (χ4v) is 4.19. The summed E-state index contributed by atoms with van der Waals surface area (Å²) in [5.41, 5.74) is 3.59. The topological polar surface area (TPSA) is 53.6 Å². The lowest BCUT2D eigenvalue weighted by Crippen LogP contribution is -2.41. The molecule has 1 saturated heterocycles. The van der Waals surface area contributed by atoms with Gasteiger partial charge in [-0.3, -0.25) is 9.69 Å². The first-order valence-corrected chi connectivity index (χ1v) is 11.2. The van der Waals surface area contributed by atoms with Crippen molar-refractivity contribution in [2.45, 2.75) is 38.2 Å². The summed E-state index contributed by atoms with van der Waals surface area (Å²) in [6, 6.07) is 28.9. The second-order valence-corrected chi connectivity index (χ2v) is 8.28. The molecule has 1 amide bonds. The molecule has 1 fully saturated rings. The van der Waals surface area contributed by atoms with Crippen LogP contribution in [0.1, 0.15) is 23.1 Å². The average Bonchev–Trinajstić information content (AvgIpc) is 3.25. The molecule has 0 aliphatic carbocycles. The lowest BCUT2D eigenvalue weighted by molar-refractivity contribution is -0.125. The molecule has 0 aromatic heterocycles. The molecule has 0 saturated carbocycles. The predicted molar refractivity (Wildman–Crippen MR) is 127 cm³/mol. The van der Waals surface area contributed by atoms with Crippen LogP contribution in [0, 0.1) is 0 Å². The van der Waals surface area contributed by atoms with Crippen LogP contribution in [0.15, 0.2) is 84.9 Å². The molecular weight excluding hydrogens is 398 g/mol. The lowest BCUT2D eigenvalue weighted by atomic mass is 10.1. The van der Waals surface area contributed by atoms with Crippen molar-refractivity contribution in [1.29, 1.82) is 0 Å². The summed E-state index contributed by atoms with van der Waals surface area (Å²) < 4.78 is 5.88. The first-order chi connectivity index (χ1) is 15.7. The number of amides is 1. The largest absolute Gasteiger partial charge is 0.489 e. The molecule has 1 aliphatic rings. The molecule has 1 heterocycles. The van der Waals surface area contributed by atoms with Crippen LogP contribution in [0.5, 0.6) is 5.75 Å². The molecule has 166 valence electrons. The Balaban J connectivity index is 1.29. The Morgan fingerprint density at radius 2 is 1.56 bits per heavy atom. The van der Waals surface area contributed by atoms with Gasteiger partial charge in [0.1, 0.15) is 12.4 Å². The van der Waals surface area contributed by atoms with Crippen LogP contribution >= 0.6 is 0 Å². The number of benzene rings is 3. The van der Waals surface area contributed by atoms with E-state index in [2.05, 4.69) is 51.9 Å². The number of rotatable bonds is 9. The van der Waals surface area contributed by atoms with Crippen LogP contribution in [-0.2, 0) is 24.5 Å². The highest BCUT2D eigenvalue weighted by Gasteiger charge is 2.35. The Hall–Kier alpha value is -3.15. The van der Waals surface area contributed by atoms with Crippen molar-refractivity contribution in [2.75, 3.05) is 13.6 Å². The molecule has 0 spiro atoms. The second-order valence-electron chi connectivity index (χ2n) is 8.28. The third-order valence-electron chi connectivity index (χ3n) is 5.95. The van der Waals surface area contributed by atoms with E-state index in [4.69, 9.17) is 4.74 Å². The average molecular weight is 430 g/mol. The number of ether oxygens (including phenoxy) is 1. The van der Waals surface area contributed by atoms with Gasteiger partial charge < -0.3 is 15.4 Å². The first-order valence-electron chi connectivity index (χ1n) is 11.2. The van der Waals surface area contributed by atoms with Gasteiger partial charge in [-0.05, 0) is 35.2 Å². The Labute approximate surface area is 190 Å². The van der Waals surface area contributed by atoms with Crippen molar-refractivity contribution >= 4 is 5.91 Å². The minimum atomic E-state index is -0.105. The highest BCUT2D eigenvalue weighted by molar-refractivity contribution is 5.81. The van der Waals surface area contributed by atoms with E-state index in [0.717, 1.165) is 37.4 Å². The van der Waals surface area contributed by atoms with Crippen LogP contribution in [-0.4, -0.2) is 36.5 Å². The summed E-state index contributed by atoms with van der Waals surface area (Å²) in [6.07, 6.45) is 0.810.